The molecule has 1 aliphatic heterocycles. The fraction of sp³-hybridized carbons (Fsp3) is 0.154. The van der Waals surface area contributed by atoms with Crippen molar-refractivity contribution in [2.45, 2.75) is 6.54 Å². The van der Waals surface area contributed by atoms with Gasteiger partial charge in [0.15, 0.2) is 0 Å². The van der Waals surface area contributed by atoms with E-state index in [1.165, 1.54) is 5.56 Å². The van der Waals surface area contributed by atoms with Gasteiger partial charge in [0.25, 0.3) is 0 Å². The van der Waals surface area contributed by atoms with Crippen LogP contribution < -0.4 is 0 Å². The number of hydrogen-bond donors (Lipinski definition) is 0. The van der Waals surface area contributed by atoms with Crippen LogP contribution in [-0.4, -0.2) is 11.4 Å². The average molecular weight is 196 g/mol. The van der Waals surface area contributed by atoms with Crippen molar-refractivity contribution in [2.75, 3.05) is 6.54 Å². The van der Waals surface area contributed by atoms with E-state index in [4.69, 9.17) is 5.26 Å². The van der Waals surface area contributed by atoms with Crippen LogP contribution in [0.5, 0.6) is 0 Å². The van der Waals surface area contributed by atoms with Crippen LogP contribution in [-0.2, 0) is 6.54 Å². The third-order valence-corrected chi connectivity index (χ3v) is 2.35. The molecule has 0 unspecified atom stereocenters. The molecule has 0 aliphatic carbocycles. The molecule has 1 aromatic carbocycles. The van der Waals surface area contributed by atoms with E-state index in [-0.39, 0.29) is 0 Å². The number of nitriles is 1. The fourth-order valence-electron chi connectivity index (χ4n) is 1.54. The Morgan fingerprint density at radius 3 is 2.60 bits per heavy atom. The van der Waals surface area contributed by atoms with E-state index in [1.54, 1.807) is 0 Å². The van der Waals surface area contributed by atoms with E-state index < -0.39 is 0 Å². The van der Waals surface area contributed by atoms with Gasteiger partial charge >= 0.3 is 0 Å². The van der Waals surface area contributed by atoms with Crippen molar-refractivity contribution >= 4 is 0 Å². The van der Waals surface area contributed by atoms with Crippen molar-refractivity contribution in [2.24, 2.45) is 0 Å². The lowest BCUT2D eigenvalue weighted by Crippen LogP contribution is -2.17. The van der Waals surface area contributed by atoms with Gasteiger partial charge in [0.1, 0.15) is 0 Å². The number of nitrogens with zero attached hydrogens (tertiary/aromatic N) is 2. The monoisotopic (exact) mass is 196 g/mol. The quantitative estimate of drug-likeness (QED) is 0.726. The van der Waals surface area contributed by atoms with Crippen LogP contribution in [0.1, 0.15) is 11.1 Å². The Morgan fingerprint density at radius 1 is 1.20 bits per heavy atom. The molecular weight excluding hydrogens is 184 g/mol. The van der Waals surface area contributed by atoms with Gasteiger partial charge in [-0.3, -0.25) is 0 Å². The summed E-state index contributed by atoms with van der Waals surface area (Å²) < 4.78 is 0. The molecule has 0 radical (unpaired) electrons. The summed E-state index contributed by atoms with van der Waals surface area (Å²) in [6.45, 7) is 1.85. The SMILES string of the molecule is N#Cc1ccc(CN2C=CC=CC2)cc1. The molecule has 0 saturated carbocycles. The Labute approximate surface area is 89.8 Å². The van der Waals surface area contributed by atoms with Crippen molar-refractivity contribution in [3.63, 3.8) is 0 Å². The molecule has 1 aliphatic rings. The van der Waals surface area contributed by atoms with Crippen LogP contribution in [0.2, 0.25) is 0 Å². The lowest BCUT2D eigenvalue weighted by Gasteiger charge is -2.20. The predicted octanol–water partition coefficient (Wildman–Crippen LogP) is 2.44. The zero-order valence-electron chi connectivity index (χ0n) is 8.43. The van der Waals surface area contributed by atoms with Gasteiger partial charge in [-0.05, 0) is 30.0 Å². The lowest BCUT2D eigenvalue weighted by molar-refractivity contribution is 0.405. The van der Waals surface area contributed by atoms with Crippen molar-refractivity contribution in [3.8, 4) is 6.07 Å². The smallest absolute Gasteiger partial charge is 0.0991 e. The van der Waals surface area contributed by atoms with Crippen LogP contribution in [0.15, 0.2) is 48.7 Å². The fourth-order valence-corrected chi connectivity index (χ4v) is 1.54. The van der Waals surface area contributed by atoms with Gasteiger partial charge in [0.05, 0.1) is 11.6 Å². The van der Waals surface area contributed by atoms with E-state index in [2.05, 4.69) is 29.3 Å². The summed E-state index contributed by atoms with van der Waals surface area (Å²) in [5, 5.41) is 8.67. The van der Waals surface area contributed by atoms with Gasteiger partial charge in [-0.2, -0.15) is 5.26 Å². The highest BCUT2D eigenvalue weighted by Crippen LogP contribution is 2.09. The summed E-state index contributed by atoms with van der Waals surface area (Å²) in [5.41, 5.74) is 1.95. The molecule has 0 bridgehead atoms. The summed E-state index contributed by atoms with van der Waals surface area (Å²) in [7, 11) is 0. The van der Waals surface area contributed by atoms with Crippen molar-refractivity contribution in [3.05, 3.63) is 59.8 Å². The van der Waals surface area contributed by atoms with E-state index in [1.807, 2.05) is 30.3 Å². The number of rotatable bonds is 2. The second kappa shape index (κ2) is 4.47. The third kappa shape index (κ3) is 2.47. The molecule has 15 heavy (non-hydrogen) atoms. The molecule has 1 aromatic rings. The largest absolute Gasteiger partial charge is 0.369 e. The molecule has 0 N–H and O–H groups in total. The standard InChI is InChI=1S/C13H12N2/c14-10-12-4-6-13(7-5-12)11-15-8-2-1-3-9-15/h1-8H,9,11H2. The first-order valence-corrected chi connectivity index (χ1v) is 4.95. The highest BCUT2D eigenvalue weighted by molar-refractivity contribution is 5.31. The minimum Gasteiger partial charge on any atom is -0.369 e. The van der Waals surface area contributed by atoms with E-state index >= 15 is 0 Å². The number of benzene rings is 1. The van der Waals surface area contributed by atoms with Gasteiger partial charge in [0, 0.05) is 13.1 Å². The van der Waals surface area contributed by atoms with Crippen molar-refractivity contribution in [1.82, 2.24) is 4.90 Å². The van der Waals surface area contributed by atoms with Crippen LogP contribution in [0.4, 0.5) is 0 Å². The lowest BCUT2D eigenvalue weighted by atomic mass is 10.1. The maximum absolute atomic E-state index is 8.67. The highest BCUT2D eigenvalue weighted by atomic mass is 15.1. The first-order valence-electron chi connectivity index (χ1n) is 4.95. The Kier molecular flexibility index (Phi) is 2.85. The Morgan fingerprint density at radius 2 is 2.00 bits per heavy atom. The summed E-state index contributed by atoms with van der Waals surface area (Å²) >= 11 is 0. The average Bonchev–Trinajstić information content (AvgIpc) is 2.31. The van der Waals surface area contributed by atoms with E-state index in [0.29, 0.717) is 5.56 Å². The molecule has 2 heteroatoms. The van der Waals surface area contributed by atoms with Gasteiger partial charge in [0.2, 0.25) is 0 Å². The molecular formula is C13H12N2. The Balaban J connectivity index is 2.02. The molecule has 0 atom stereocenters. The van der Waals surface area contributed by atoms with Gasteiger partial charge in [-0.25, -0.2) is 0 Å². The maximum atomic E-state index is 8.67. The molecule has 2 rings (SSSR count). The molecule has 2 nitrogen and oxygen atoms in total. The predicted molar refractivity (Wildman–Crippen MR) is 59.8 cm³/mol. The second-order valence-electron chi connectivity index (χ2n) is 3.51. The summed E-state index contributed by atoms with van der Waals surface area (Å²) in [6.07, 6.45) is 8.30. The summed E-state index contributed by atoms with van der Waals surface area (Å²) in [4.78, 5) is 2.22. The highest BCUT2D eigenvalue weighted by Gasteiger charge is 2.01. The van der Waals surface area contributed by atoms with Crippen LogP contribution in [0, 0.1) is 11.3 Å². The van der Waals surface area contributed by atoms with Crippen LogP contribution >= 0.6 is 0 Å². The zero-order valence-corrected chi connectivity index (χ0v) is 8.43. The molecule has 0 amide bonds. The van der Waals surface area contributed by atoms with Crippen LogP contribution in [0.3, 0.4) is 0 Å². The van der Waals surface area contributed by atoms with E-state index in [0.717, 1.165) is 13.1 Å². The van der Waals surface area contributed by atoms with Crippen LogP contribution in [0.25, 0.3) is 0 Å². The minimum absolute atomic E-state index is 0.716. The normalized spacial score (nSPS) is 13.9. The Bertz CT molecular complexity index is 421. The van der Waals surface area contributed by atoms with Gasteiger partial charge in [-0.1, -0.05) is 24.3 Å². The summed E-state index contributed by atoms with van der Waals surface area (Å²) in [6, 6.07) is 9.85. The minimum atomic E-state index is 0.716. The summed E-state index contributed by atoms with van der Waals surface area (Å²) in [5.74, 6) is 0. The third-order valence-electron chi connectivity index (χ3n) is 2.35. The van der Waals surface area contributed by atoms with Gasteiger partial charge in [-0.15, -0.1) is 0 Å². The first-order chi connectivity index (χ1) is 7.38. The topological polar surface area (TPSA) is 27.0 Å². The first kappa shape index (κ1) is 9.54. The molecule has 74 valence electrons. The molecule has 0 spiro atoms. The van der Waals surface area contributed by atoms with Gasteiger partial charge < -0.3 is 4.90 Å². The maximum Gasteiger partial charge on any atom is 0.0991 e. The number of hydrogen-bond acceptors (Lipinski definition) is 2. The Hall–Kier alpha value is -2.01. The molecule has 1 heterocycles. The van der Waals surface area contributed by atoms with Crippen molar-refractivity contribution < 1.29 is 0 Å². The number of allylic oxidation sites excluding steroid dienone is 2. The zero-order chi connectivity index (χ0) is 10.5. The second-order valence-corrected chi connectivity index (χ2v) is 3.51. The van der Waals surface area contributed by atoms with E-state index in [9.17, 15) is 0 Å². The molecule has 0 saturated heterocycles. The molecule has 0 aromatic heterocycles. The molecule has 0 fully saturated rings. The van der Waals surface area contributed by atoms with Crippen molar-refractivity contribution in [1.29, 1.82) is 5.26 Å².